The second-order valence-electron chi connectivity index (χ2n) is 4.34. The number of rotatable bonds is 4. The standard InChI is InChI=1S/C14H11Cl2F2N3S2/c15-10-5-8(6-11(16)12(10)19)21-14(22)20-7-1-3-9(4-2-7)23-13(17)18/h1-6,13H,19H2,(H2,20,21,22). The second kappa shape index (κ2) is 8.01. The van der Waals surface area contributed by atoms with Crippen LogP contribution in [0, 0.1) is 0 Å². The Morgan fingerprint density at radius 1 is 1.04 bits per heavy atom. The molecule has 2 aromatic rings. The van der Waals surface area contributed by atoms with Crippen molar-refractivity contribution in [1.29, 1.82) is 0 Å². The highest BCUT2D eigenvalue weighted by molar-refractivity contribution is 7.99. The van der Waals surface area contributed by atoms with Crippen molar-refractivity contribution in [2.75, 3.05) is 16.4 Å². The van der Waals surface area contributed by atoms with Crippen LogP contribution in [0.4, 0.5) is 25.8 Å². The van der Waals surface area contributed by atoms with Crippen LogP contribution in [0.5, 0.6) is 0 Å². The number of hydrogen-bond acceptors (Lipinski definition) is 3. The number of halogens is 4. The summed E-state index contributed by atoms with van der Waals surface area (Å²) in [6.45, 7) is 0. The predicted octanol–water partition coefficient (Wildman–Crippen LogP) is 5.70. The van der Waals surface area contributed by atoms with Crippen molar-refractivity contribution in [3.05, 3.63) is 46.4 Å². The Morgan fingerprint density at radius 3 is 2.09 bits per heavy atom. The molecule has 0 bridgehead atoms. The normalized spacial score (nSPS) is 10.7. The second-order valence-corrected chi connectivity index (χ2v) is 6.62. The van der Waals surface area contributed by atoms with Crippen molar-refractivity contribution in [3.8, 4) is 0 Å². The molecule has 23 heavy (non-hydrogen) atoms. The number of alkyl halides is 2. The first-order valence-electron chi connectivity index (χ1n) is 6.22. The zero-order valence-electron chi connectivity index (χ0n) is 11.4. The molecule has 3 nitrogen and oxygen atoms in total. The van der Waals surface area contributed by atoms with Crippen molar-refractivity contribution < 1.29 is 8.78 Å². The van der Waals surface area contributed by atoms with Gasteiger partial charge in [0.15, 0.2) is 5.11 Å². The predicted molar refractivity (Wildman–Crippen MR) is 99.0 cm³/mol. The molecule has 0 heterocycles. The number of anilines is 3. The van der Waals surface area contributed by atoms with Gasteiger partial charge in [-0.3, -0.25) is 0 Å². The van der Waals surface area contributed by atoms with Gasteiger partial charge in [-0.05, 0) is 48.6 Å². The summed E-state index contributed by atoms with van der Waals surface area (Å²) in [7, 11) is 0. The zero-order valence-corrected chi connectivity index (χ0v) is 14.6. The van der Waals surface area contributed by atoms with E-state index >= 15 is 0 Å². The summed E-state index contributed by atoms with van der Waals surface area (Å²) in [5.74, 6) is -2.45. The molecule has 0 amide bonds. The summed E-state index contributed by atoms with van der Waals surface area (Å²) < 4.78 is 24.5. The summed E-state index contributed by atoms with van der Waals surface area (Å²) in [4.78, 5) is 0.474. The Balaban J connectivity index is 1.99. The Kier molecular flexibility index (Phi) is 6.29. The first-order valence-corrected chi connectivity index (χ1v) is 8.27. The van der Waals surface area contributed by atoms with Crippen LogP contribution >= 0.6 is 47.2 Å². The SMILES string of the molecule is Nc1c(Cl)cc(NC(=S)Nc2ccc(SC(F)F)cc2)cc1Cl. The fourth-order valence-corrected chi connectivity index (χ4v) is 2.89. The van der Waals surface area contributed by atoms with E-state index in [0.717, 1.165) is 0 Å². The van der Waals surface area contributed by atoms with Gasteiger partial charge in [-0.15, -0.1) is 0 Å². The van der Waals surface area contributed by atoms with E-state index < -0.39 is 5.76 Å². The van der Waals surface area contributed by atoms with E-state index in [1.54, 1.807) is 36.4 Å². The summed E-state index contributed by atoms with van der Waals surface area (Å²) in [6, 6.07) is 9.67. The van der Waals surface area contributed by atoms with Gasteiger partial charge in [-0.1, -0.05) is 35.0 Å². The first-order chi connectivity index (χ1) is 10.8. The summed E-state index contributed by atoms with van der Waals surface area (Å²) in [5.41, 5.74) is 7.20. The molecule has 0 fully saturated rings. The molecule has 0 aliphatic carbocycles. The van der Waals surface area contributed by atoms with Crippen LogP contribution in [0.2, 0.25) is 10.0 Å². The molecule has 2 aromatic carbocycles. The van der Waals surface area contributed by atoms with Gasteiger partial charge in [0.1, 0.15) is 0 Å². The highest BCUT2D eigenvalue weighted by Crippen LogP contribution is 2.31. The molecular formula is C14H11Cl2F2N3S2. The molecule has 2 rings (SSSR count). The van der Waals surface area contributed by atoms with Gasteiger partial charge in [-0.2, -0.15) is 8.78 Å². The maximum atomic E-state index is 12.3. The molecule has 0 saturated carbocycles. The third-order valence-electron chi connectivity index (χ3n) is 2.67. The van der Waals surface area contributed by atoms with Crippen LogP contribution < -0.4 is 16.4 Å². The first kappa shape index (κ1) is 18.1. The minimum absolute atomic E-state index is 0.296. The summed E-state index contributed by atoms with van der Waals surface area (Å²) >= 11 is 17.5. The van der Waals surface area contributed by atoms with E-state index in [-0.39, 0.29) is 0 Å². The zero-order chi connectivity index (χ0) is 17.0. The highest BCUT2D eigenvalue weighted by Gasteiger charge is 2.07. The fourth-order valence-electron chi connectivity index (χ4n) is 1.67. The third-order valence-corrected chi connectivity index (χ3v) is 4.23. The number of nitrogen functional groups attached to an aromatic ring is 1. The van der Waals surface area contributed by atoms with Gasteiger partial charge in [0.25, 0.3) is 5.76 Å². The lowest BCUT2D eigenvalue weighted by Gasteiger charge is -2.12. The third kappa shape index (κ3) is 5.39. The van der Waals surface area contributed by atoms with E-state index in [2.05, 4.69) is 10.6 Å². The lowest BCUT2D eigenvalue weighted by atomic mass is 10.3. The van der Waals surface area contributed by atoms with E-state index in [1.165, 1.54) is 0 Å². The minimum atomic E-state index is -2.45. The average molecular weight is 394 g/mol. The Hall–Kier alpha value is -1.28. The highest BCUT2D eigenvalue weighted by atomic mass is 35.5. The molecule has 0 aliphatic heterocycles. The molecule has 122 valence electrons. The van der Waals surface area contributed by atoms with Crippen molar-refractivity contribution in [2.24, 2.45) is 0 Å². The number of benzene rings is 2. The molecule has 0 unspecified atom stereocenters. The fraction of sp³-hybridized carbons (Fsp3) is 0.0714. The van der Waals surface area contributed by atoms with Crippen LogP contribution in [-0.2, 0) is 0 Å². The molecule has 0 saturated heterocycles. The molecule has 9 heteroatoms. The number of nitrogens with two attached hydrogens (primary N) is 1. The molecule has 0 atom stereocenters. The maximum Gasteiger partial charge on any atom is 0.288 e. The number of nitrogens with one attached hydrogen (secondary N) is 2. The lowest BCUT2D eigenvalue weighted by Crippen LogP contribution is -2.19. The molecule has 0 aliphatic rings. The van der Waals surface area contributed by atoms with Crippen molar-refractivity contribution in [2.45, 2.75) is 10.7 Å². The Morgan fingerprint density at radius 2 is 1.57 bits per heavy atom. The van der Waals surface area contributed by atoms with Crippen LogP contribution in [0.1, 0.15) is 0 Å². The van der Waals surface area contributed by atoms with Gasteiger partial charge >= 0.3 is 0 Å². The Labute approximate surface area is 151 Å². The van der Waals surface area contributed by atoms with Crippen molar-refractivity contribution >= 4 is 69.4 Å². The van der Waals surface area contributed by atoms with Gasteiger partial charge in [0, 0.05) is 16.3 Å². The maximum absolute atomic E-state index is 12.3. The summed E-state index contributed by atoms with van der Waals surface area (Å²) in [6.07, 6.45) is 0. The van der Waals surface area contributed by atoms with Gasteiger partial charge in [-0.25, -0.2) is 0 Å². The van der Waals surface area contributed by atoms with E-state index in [1.807, 2.05) is 0 Å². The lowest BCUT2D eigenvalue weighted by molar-refractivity contribution is 0.252. The number of thioether (sulfide) groups is 1. The van der Waals surface area contributed by atoms with E-state index in [0.29, 0.717) is 48.9 Å². The van der Waals surface area contributed by atoms with Crippen LogP contribution in [0.3, 0.4) is 0 Å². The average Bonchev–Trinajstić information content (AvgIpc) is 2.46. The van der Waals surface area contributed by atoms with Gasteiger partial charge < -0.3 is 16.4 Å². The number of thiocarbonyl (C=S) groups is 1. The van der Waals surface area contributed by atoms with Crippen molar-refractivity contribution in [1.82, 2.24) is 0 Å². The number of hydrogen-bond donors (Lipinski definition) is 3. The van der Waals surface area contributed by atoms with Crippen LogP contribution in [-0.4, -0.2) is 10.9 Å². The van der Waals surface area contributed by atoms with Crippen LogP contribution in [0.25, 0.3) is 0 Å². The summed E-state index contributed by atoms with van der Waals surface area (Å²) in [5, 5.41) is 6.78. The largest absolute Gasteiger partial charge is 0.396 e. The van der Waals surface area contributed by atoms with E-state index in [9.17, 15) is 8.78 Å². The molecule has 0 aromatic heterocycles. The molecule has 0 radical (unpaired) electrons. The smallest absolute Gasteiger partial charge is 0.288 e. The van der Waals surface area contributed by atoms with Crippen LogP contribution in [0.15, 0.2) is 41.3 Å². The molecule has 4 N–H and O–H groups in total. The molecule has 0 spiro atoms. The topological polar surface area (TPSA) is 50.1 Å². The van der Waals surface area contributed by atoms with Gasteiger partial charge in [0.05, 0.1) is 15.7 Å². The monoisotopic (exact) mass is 393 g/mol. The van der Waals surface area contributed by atoms with E-state index in [4.69, 9.17) is 41.2 Å². The quantitative estimate of drug-likeness (QED) is 0.353. The Bertz CT molecular complexity index is 689. The van der Waals surface area contributed by atoms with Gasteiger partial charge in [0.2, 0.25) is 0 Å². The molecular weight excluding hydrogens is 383 g/mol. The minimum Gasteiger partial charge on any atom is -0.396 e. The van der Waals surface area contributed by atoms with Crippen molar-refractivity contribution in [3.63, 3.8) is 0 Å².